The first-order valence-corrected chi connectivity index (χ1v) is 8.02. The lowest BCUT2D eigenvalue weighted by molar-refractivity contribution is 0.0885. The molecule has 0 saturated heterocycles. The molecule has 2 rings (SSSR count). The maximum absolute atomic E-state index is 5.48. The number of ether oxygens (including phenoxy) is 1. The largest absolute Gasteiger partial charge is 0.390 e. The molecular formula is C16H24N4O2S. The van der Waals surface area contributed by atoms with Crippen LogP contribution in [-0.2, 0) is 9.57 Å². The Morgan fingerprint density at radius 2 is 2.09 bits per heavy atom. The quantitative estimate of drug-likeness (QED) is 0.579. The van der Waals surface area contributed by atoms with Crippen LogP contribution in [0.5, 0.6) is 0 Å². The number of hydrogen-bond acceptors (Lipinski definition) is 5. The molecule has 0 bridgehead atoms. The van der Waals surface area contributed by atoms with Crippen LogP contribution in [0.25, 0.3) is 0 Å². The van der Waals surface area contributed by atoms with Crippen LogP contribution < -0.4 is 15.5 Å². The Morgan fingerprint density at radius 3 is 2.74 bits per heavy atom. The summed E-state index contributed by atoms with van der Waals surface area (Å²) >= 11 is 5.19. The highest BCUT2D eigenvalue weighted by Crippen LogP contribution is 2.19. The van der Waals surface area contributed by atoms with Crippen molar-refractivity contribution in [2.45, 2.75) is 12.5 Å². The van der Waals surface area contributed by atoms with Gasteiger partial charge >= 0.3 is 0 Å². The maximum atomic E-state index is 5.48. The second-order valence-electron chi connectivity index (χ2n) is 5.54. The number of nitrogens with zero attached hydrogens (tertiary/aromatic N) is 2. The topological polar surface area (TPSA) is 58.1 Å². The molecule has 126 valence electrons. The molecule has 1 aromatic rings. The minimum atomic E-state index is 0.000649. The molecule has 7 heteroatoms. The average Bonchev–Trinajstić information content (AvgIpc) is 3.02. The number of benzene rings is 1. The normalized spacial score (nSPS) is 16.5. The van der Waals surface area contributed by atoms with Gasteiger partial charge in [0, 0.05) is 39.9 Å². The summed E-state index contributed by atoms with van der Waals surface area (Å²) in [5.74, 6) is 0. The summed E-state index contributed by atoms with van der Waals surface area (Å²) in [4.78, 5) is 7.55. The van der Waals surface area contributed by atoms with Crippen molar-refractivity contribution in [2.75, 3.05) is 45.8 Å². The van der Waals surface area contributed by atoms with E-state index in [1.54, 1.807) is 7.11 Å². The van der Waals surface area contributed by atoms with Gasteiger partial charge in [0.15, 0.2) is 5.11 Å². The van der Waals surface area contributed by atoms with Crippen molar-refractivity contribution in [1.29, 1.82) is 0 Å². The Labute approximate surface area is 142 Å². The van der Waals surface area contributed by atoms with Crippen LogP contribution in [-0.4, -0.2) is 57.8 Å². The summed E-state index contributed by atoms with van der Waals surface area (Å²) in [6.45, 7) is 1.94. The fraction of sp³-hybridized carbons (Fsp3) is 0.500. The van der Waals surface area contributed by atoms with E-state index in [9.17, 15) is 0 Å². The molecule has 23 heavy (non-hydrogen) atoms. The second-order valence-corrected chi connectivity index (χ2v) is 5.95. The second kappa shape index (κ2) is 8.69. The van der Waals surface area contributed by atoms with E-state index in [1.807, 2.05) is 14.1 Å². The Kier molecular flexibility index (Phi) is 6.61. The highest BCUT2D eigenvalue weighted by molar-refractivity contribution is 7.80. The molecule has 0 radical (unpaired) electrons. The first-order valence-electron chi connectivity index (χ1n) is 7.61. The standard InChI is InChI=1S/C16H24N4O2S/c1-20(2)13-6-4-12(5-7-13)15-10-14(22-19-15)11-18-16(23)17-8-9-21-3/h4-7,14H,8-11H2,1-3H3,(H2,17,18,23). The molecule has 0 aliphatic carbocycles. The van der Waals surface area contributed by atoms with Crippen molar-refractivity contribution in [3.8, 4) is 0 Å². The molecule has 6 nitrogen and oxygen atoms in total. The molecular weight excluding hydrogens is 312 g/mol. The van der Waals surface area contributed by atoms with Gasteiger partial charge < -0.3 is 25.1 Å². The van der Waals surface area contributed by atoms with E-state index in [0.29, 0.717) is 24.8 Å². The number of hydrogen-bond donors (Lipinski definition) is 2. The summed E-state index contributed by atoms with van der Waals surface area (Å²) in [5.41, 5.74) is 3.23. The van der Waals surface area contributed by atoms with Crippen molar-refractivity contribution >= 4 is 28.7 Å². The lowest BCUT2D eigenvalue weighted by Crippen LogP contribution is -2.40. The highest BCUT2D eigenvalue weighted by atomic mass is 32.1. The zero-order valence-electron chi connectivity index (χ0n) is 13.8. The molecule has 2 N–H and O–H groups in total. The van der Waals surface area contributed by atoms with Crippen molar-refractivity contribution in [3.63, 3.8) is 0 Å². The van der Waals surface area contributed by atoms with Gasteiger partial charge in [-0.25, -0.2) is 0 Å². The smallest absolute Gasteiger partial charge is 0.166 e. The Bertz CT molecular complexity index is 546. The van der Waals surface area contributed by atoms with Crippen LogP contribution in [0.1, 0.15) is 12.0 Å². The van der Waals surface area contributed by atoms with Gasteiger partial charge in [-0.1, -0.05) is 17.3 Å². The number of methoxy groups -OCH3 is 1. The molecule has 1 aliphatic rings. The fourth-order valence-electron chi connectivity index (χ4n) is 2.20. The van der Waals surface area contributed by atoms with Gasteiger partial charge in [-0.05, 0) is 29.9 Å². The fourth-order valence-corrected chi connectivity index (χ4v) is 2.38. The van der Waals surface area contributed by atoms with Crippen LogP contribution in [0.3, 0.4) is 0 Å². The summed E-state index contributed by atoms with van der Waals surface area (Å²) in [5, 5.41) is 11.0. The minimum absolute atomic E-state index is 0.000649. The van der Waals surface area contributed by atoms with E-state index in [1.165, 1.54) is 5.69 Å². The third kappa shape index (κ3) is 5.37. The number of thiocarbonyl (C=S) groups is 1. The molecule has 1 heterocycles. The van der Waals surface area contributed by atoms with Gasteiger partial charge in [0.1, 0.15) is 6.10 Å². The number of anilines is 1. The lowest BCUT2D eigenvalue weighted by Gasteiger charge is -2.13. The van der Waals surface area contributed by atoms with Gasteiger partial charge in [-0.2, -0.15) is 0 Å². The molecule has 0 amide bonds. The number of oxime groups is 1. The first-order chi connectivity index (χ1) is 11.1. The Hall–Kier alpha value is -1.86. The number of nitrogens with one attached hydrogen (secondary N) is 2. The van der Waals surface area contributed by atoms with E-state index in [-0.39, 0.29) is 6.10 Å². The van der Waals surface area contributed by atoms with E-state index < -0.39 is 0 Å². The van der Waals surface area contributed by atoms with Crippen LogP contribution in [0.15, 0.2) is 29.4 Å². The van der Waals surface area contributed by atoms with E-state index in [2.05, 4.69) is 45.0 Å². The summed E-state index contributed by atoms with van der Waals surface area (Å²) in [7, 11) is 5.71. The molecule has 0 fully saturated rings. The van der Waals surface area contributed by atoms with Crippen molar-refractivity contribution in [1.82, 2.24) is 10.6 Å². The van der Waals surface area contributed by atoms with Gasteiger partial charge in [-0.15, -0.1) is 0 Å². The average molecular weight is 336 g/mol. The van der Waals surface area contributed by atoms with Crippen molar-refractivity contribution < 1.29 is 9.57 Å². The molecule has 1 atom stereocenters. The van der Waals surface area contributed by atoms with Crippen LogP contribution in [0.4, 0.5) is 5.69 Å². The molecule has 1 aromatic carbocycles. The lowest BCUT2D eigenvalue weighted by atomic mass is 10.0. The molecule has 1 unspecified atom stereocenters. The SMILES string of the molecule is COCCNC(=S)NCC1CC(c2ccc(N(C)C)cc2)=NO1. The maximum Gasteiger partial charge on any atom is 0.166 e. The van der Waals surface area contributed by atoms with Gasteiger partial charge in [0.05, 0.1) is 18.9 Å². The van der Waals surface area contributed by atoms with Crippen molar-refractivity contribution in [2.24, 2.45) is 5.16 Å². The van der Waals surface area contributed by atoms with Crippen LogP contribution in [0.2, 0.25) is 0 Å². The van der Waals surface area contributed by atoms with E-state index in [4.69, 9.17) is 21.8 Å². The Balaban J connectivity index is 1.76. The predicted molar refractivity (Wildman–Crippen MR) is 97.3 cm³/mol. The summed E-state index contributed by atoms with van der Waals surface area (Å²) in [6.07, 6.45) is 0.773. The van der Waals surface area contributed by atoms with Gasteiger partial charge in [-0.3, -0.25) is 0 Å². The molecule has 0 aromatic heterocycles. The monoisotopic (exact) mass is 336 g/mol. The van der Waals surface area contributed by atoms with E-state index in [0.717, 1.165) is 17.7 Å². The van der Waals surface area contributed by atoms with Gasteiger partial charge in [0.25, 0.3) is 0 Å². The van der Waals surface area contributed by atoms with Crippen molar-refractivity contribution in [3.05, 3.63) is 29.8 Å². The number of rotatable bonds is 7. The third-order valence-corrected chi connectivity index (χ3v) is 3.82. The molecule has 0 saturated carbocycles. The zero-order chi connectivity index (χ0) is 16.7. The van der Waals surface area contributed by atoms with Crippen LogP contribution in [0, 0.1) is 0 Å². The summed E-state index contributed by atoms with van der Waals surface area (Å²) in [6, 6.07) is 8.31. The van der Waals surface area contributed by atoms with Gasteiger partial charge in [0.2, 0.25) is 0 Å². The van der Waals surface area contributed by atoms with E-state index >= 15 is 0 Å². The highest BCUT2D eigenvalue weighted by Gasteiger charge is 2.22. The molecule has 1 aliphatic heterocycles. The zero-order valence-corrected chi connectivity index (χ0v) is 14.7. The predicted octanol–water partition coefficient (Wildman–Crippen LogP) is 1.36. The minimum Gasteiger partial charge on any atom is -0.390 e. The van der Waals surface area contributed by atoms with Crippen LogP contribution >= 0.6 is 12.2 Å². The Morgan fingerprint density at radius 1 is 1.35 bits per heavy atom. The first kappa shape index (κ1) is 17.5. The summed E-state index contributed by atoms with van der Waals surface area (Å²) < 4.78 is 4.96. The molecule has 0 spiro atoms. The third-order valence-electron chi connectivity index (χ3n) is 3.53.